The van der Waals surface area contributed by atoms with Crippen LogP contribution in [0.5, 0.6) is 17.2 Å². The number of benzene rings is 2. The van der Waals surface area contributed by atoms with Gasteiger partial charge in [-0.2, -0.15) is 0 Å². The van der Waals surface area contributed by atoms with Crippen LogP contribution in [-0.2, 0) is 9.53 Å². The first-order valence-corrected chi connectivity index (χ1v) is 12.0. The number of esters is 1. The van der Waals surface area contributed by atoms with E-state index in [9.17, 15) is 9.59 Å². The Hall–Kier alpha value is -3.85. The summed E-state index contributed by atoms with van der Waals surface area (Å²) in [4.78, 5) is 31.9. The molecule has 0 aliphatic carbocycles. The van der Waals surface area contributed by atoms with Crippen molar-refractivity contribution in [3.63, 3.8) is 0 Å². The Balaban J connectivity index is 1.71. The van der Waals surface area contributed by atoms with Crippen LogP contribution in [0.4, 0.5) is 0 Å². The molecule has 1 aromatic heterocycles. The number of methoxy groups -OCH3 is 1. The number of carbonyl (C=O) groups is 1. The fraction of sp³-hybridized carbons (Fsp3) is 0.269. The van der Waals surface area contributed by atoms with Gasteiger partial charge in [0.25, 0.3) is 5.56 Å². The lowest BCUT2D eigenvalue weighted by Crippen LogP contribution is -2.39. The molecule has 5 rings (SSSR count). The molecule has 35 heavy (non-hydrogen) atoms. The van der Waals surface area contributed by atoms with Crippen molar-refractivity contribution in [2.45, 2.75) is 26.8 Å². The summed E-state index contributed by atoms with van der Waals surface area (Å²) >= 11 is 1.28. The molecule has 3 heterocycles. The summed E-state index contributed by atoms with van der Waals surface area (Å²) < 4.78 is 23.7. The third-order valence-corrected chi connectivity index (χ3v) is 6.98. The minimum absolute atomic E-state index is 0.127. The van der Waals surface area contributed by atoms with Crippen molar-refractivity contribution in [3.05, 3.63) is 84.0 Å². The van der Waals surface area contributed by atoms with E-state index in [1.807, 2.05) is 37.3 Å². The topological polar surface area (TPSA) is 88.4 Å². The number of aromatic nitrogens is 1. The van der Waals surface area contributed by atoms with Gasteiger partial charge in [0.2, 0.25) is 6.79 Å². The molecule has 0 N–H and O–H groups in total. The Bertz CT molecular complexity index is 1550. The van der Waals surface area contributed by atoms with Gasteiger partial charge in [-0.15, -0.1) is 0 Å². The highest BCUT2D eigenvalue weighted by Gasteiger charge is 2.34. The number of rotatable bonds is 5. The van der Waals surface area contributed by atoms with Crippen LogP contribution in [0, 0.1) is 6.92 Å². The third-order valence-electron chi connectivity index (χ3n) is 5.99. The Morgan fingerprint density at radius 3 is 2.74 bits per heavy atom. The van der Waals surface area contributed by atoms with Crippen LogP contribution in [0.3, 0.4) is 0 Å². The zero-order chi connectivity index (χ0) is 24.7. The second-order valence-electron chi connectivity index (χ2n) is 8.14. The van der Waals surface area contributed by atoms with Gasteiger partial charge in [0.15, 0.2) is 16.3 Å². The largest absolute Gasteiger partial charge is 0.497 e. The summed E-state index contributed by atoms with van der Waals surface area (Å²) in [5.41, 5.74) is 3.19. The molecule has 0 radical (unpaired) electrons. The number of carbonyl (C=O) groups excluding carboxylic acids is 1. The summed E-state index contributed by atoms with van der Waals surface area (Å²) in [6.07, 6.45) is 1.85. The average molecular weight is 493 g/mol. The number of ether oxygens (including phenoxy) is 4. The van der Waals surface area contributed by atoms with Gasteiger partial charge in [-0.25, -0.2) is 9.79 Å². The predicted molar refractivity (Wildman–Crippen MR) is 131 cm³/mol. The van der Waals surface area contributed by atoms with Gasteiger partial charge >= 0.3 is 5.97 Å². The van der Waals surface area contributed by atoms with E-state index in [1.165, 1.54) is 11.3 Å². The van der Waals surface area contributed by atoms with Crippen molar-refractivity contribution in [1.82, 2.24) is 4.57 Å². The number of hydrogen-bond donors (Lipinski definition) is 0. The number of fused-ring (bicyclic) bond motifs is 2. The van der Waals surface area contributed by atoms with Crippen LogP contribution in [0.25, 0.3) is 6.08 Å². The van der Waals surface area contributed by atoms with Gasteiger partial charge in [-0.1, -0.05) is 23.5 Å². The summed E-state index contributed by atoms with van der Waals surface area (Å²) in [5, 5.41) is 0. The lowest BCUT2D eigenvalue weighted by Gasteiger charge is -2.24. The van der Waals surface area contributed by atoms with Gasteiger partial charge in [-0.3, -0.25) is 9.36 Å². The van der Waals surface area contributed by atoms with Crippen LogP contribution < -0.4 is 29.1 Å². The lowest BCUT2D eigenvalue weighted by molar-refractivity contribution is -0.139. The van der Waals surface area contributed by atoms with E-state index in [2.05, 4.69) is 4.99 Å². The number of thiazole rings is 1. The predicted octanol–water partition coefficient (Wildman–Crippen LogP) is 2.84. The van der Waals surface area contributed by atoms with E-state index in [-0.39, 0.29) is 19.0 Å². The van der Waals surface area contributed by atoms with E-state index >= 15 is 0 Å². The van der Waals surface area contributed by atoms with Gasteiger partial charge < -0.3 is 18.9 Å². The first-order valence-electron chi connectivity index (χ1n) is 11.1. The SMILES string of the molecule is CCOC(=O)C1=C(C)N=c2s/c(=C/c3ccc(OC)cc3C)c(=O)n2[C@H]1c1ccc2c(c1)OCO2. The monoisotopic (exact) mass is 492 g/mol. The second kappa shape index (κ2) is 9.07. The van der Waals surface area contributed by atoms with E-state index < -0.39 is 12.0 Å². The number of allylic oxidation sites excluding steroid dienone is 1. The molecule has 0 bridgehead atoms. The summed E-state index contributed by atoms with van der Waals surface area (Å²) in [6, 6.07) is 10.4. The molecule has 0 fully saturated rings. The van der Waals surface area contributed by atoms with Crippen molar-refractivity contribution in [3.8, 4) is 17.2 Å². The van der Waals surface area contributed by atoms with Gasteiger partial charge in [0, 0.05) is 0 Å². The average Bonchev–Trinajstić information content (AvgIpc) is 3.43. The Morgan fingerprint density at radius 1 is 1.20 bits per heavy atom. The van der Waals surface area contributed by atoms with Crippen molar-refractivity contribution in [2.24, 2.45) is 4.99 Å². The molecule has 0 saturated carbocycles. The van der Waals surface area contributed by atoms with Crippen LogP contribution in [0.1, 0.15) is 36.6 Å². The highest BCUT2D eigenvalue weighted by Crippen LogP contribution is 2.38. The maximum atomic E-state index is 13.7. The van der Waals surface area contributed by atoms with E-state index in [0.29, 0.717) is 37.7 Å². The van der Waals surface area contributed by atoms with Gasteiger partial charge in [0.1, 0.15) is 5.75 Å². The van der Waals surface area contributed by atoms with E-state index in [1.54, 1.807) is 37.7 Å². The zero-order valence-corrected chi connectivity index (χ0v) is 20.6. The molecule has 2 aromatic carbocycles. The maximum Gasteiger partial charge on any atom is 0.338 e. The van der Waals surface area contributed by atoms with Crippen LogP contribution in [0.15, 0.2) is 57.5 Å². The first-order chi connectivity index (χ1) is 16.9. The molecular weight excluding hydrogens is 468 g/mol. The van der Waals surface area contributed by atoms with Crippen LogP contribution in [-0.4, -0.2) is 31.0 Å². The number of nitrogens with zero attached hydrogens (tertiary/aromatic N) is 2. The van der Waals surface area contributed by atoms with E-state index in [0.717, 1.165) is 16.9 Å². The third kappa shape index (κ3) is 4.01. The normalized spacial score (nSPS) is 16.7. The standard InChI is InChI=1S/C26H24N2O6S/c1-5-32-25(30)22-15(3)27-26-28(23(22)17-7-9-19-20(11-17)34-13-33-19)24(29)21(35-26)12-16-6-8-18(31-4)10-14(16)2/h6-12,23H,5,13H2,1-4H3/b21-12+/t23-/m0/s1. The summed E-state index contributed by atoms with van der Waals surface area (Å²) in [6.45, 7) is 5.81. The van der Waals surface area contributed by atoms with E-state index in [4.69, 9.17) is 18.9 Å². The minimum Gasteiger partial charge on any atom is -0.497 e. The van der Waals surface area contributed by atoms with Gasteiger partial charge in [-0.05, 0) is 67.8 Å². The minimum atomic E-state index is -0.709. The fourth-order valence-electron chi connectivity index (χ4n) is 4.27. The van der Waals surface area contributed by atoms with Crippen molar-refractivity contribution < 1.29 is 23.7 Å². The smallest absolute Gasteiger partial charge is 0.338 e. The quantitative estimate of drug-likeness (QED) is 0.509. The summed E-state index contributed by atoms with van der Waals surface area (Å²) in [7, 11) is 1.62. The van der Waals surface area contributed by atoms with Crippen LogP contribution in [0.2, 0.25) is 0 Å². The molecule has 8 nitrogen and oxygen atoms in total. The Kier molecular flexibility index (Phi) is 5.94. The fourth-order valence-corrected chi connectivity index (χ4v) is 5.31. The van der Waals surface area contributed by atoms with Crippen molar-refractivity contribution >= 4 is 23.4 Å². The zero-order valence-electron chi connectivity index (χ0n) is 19.8. The molecule has 180 valence electrons. The molecule has 9 heteroatoms. The molecule has 0 amide bonds. The Labute approximate surface area is 205 Å². The second-order valence-corrected chi connectivity index (χ2v) is 9.15. The number of hydrogen-bond acceptors (Lipinski definition) is 8. The molecule has 3 aromatic rings. The molecule has 0 unspecified atom stereocenters. The maximum absolute atomic E-state index is 13.7. The summed E-state index contributed by atoms with van der Waals surface area (Å²) in [5.74, 6) is 1.43. The Morgan fingerprint density at radius 2 is 2.00 bits per heavy atom. The first kappa shape index (κ1) is 22.9. The molecule has 0 saturated heterocycles. The molecule has 1 atom stereocenters. The van der Waals surface area contributed by atoms with Crippen LogP contribution >= 0.6 is 11.3 Å². The molecular formula is C26H24N2O6S. The molecule has 2 aliphatic heterocycles. The number of aryl methyl sites for hydroxylation is 1. The highest BCUT2D eigenvalue weighted by atomic mass is 32.1. The highest BCUT2D eigenvalue weighted by molar-refractivity contribution is 7.07. The van der Waals surface area contributed by atoms with Crippen molar-refractivity contribution in [2.75, 3.05) is 20.5 Å². The molecule has 2 aliphatic rings. The van der Waals surface area contributed by atoms with Gasteiger partial charge in [0.05, 0.1) is 35.6 Å². The lowest BCUT2D eigenvalue weighted by atomic mass is 9.95. The van der Waals surface area contributed by atoms with Crippen molar-refractivity contribution in [1.29, 1.82) is 0 Å². The molecule has 0 spiro atoms.